The first-order valence-electron chi connectivity index (χ1n) is 6.02. The summed E-state index contributed by atoms with van der Waals surface area (Å²) < 4.78 is 4.73. The third-order valence-electron chi connectivity index (χ3n) is 2.52. The molecule has 1 aromatic rings. The van der Waals surface area contributed by atoms with Gasteiger partial charge in [-0.15, -0.1) is 0 Å². The lowest BCUT2D eigenvalue weighted by Gasteiger charge is -2.05. The second-order valence-electron chi connectivity index (χ2n) is 4.20. The number of nitrogens with zero attached hydrogens (tertiary/aromatic N) is 1. The van der Waals surface area contributed by atoms with Gasteiger partial charge in [-0.2, -0.15) is 5.26 Å². The molecule has 1 unspecified atom stereocenters. The summed E-state index contributed by atoms with van der Waals surface area (Å²) in [6.45, 7) is 0.826. The molecule has 1 N–H and O–H groups in total. The van der Waals surface area contributed by atoms with E-state index in [2.05, 4.69) is 0 Å². The summed E-state index contributed by atoms with van der Waals surface area (Å²) in [5, 5.41) is 16.6. The minimum absolute atomic E-state index is 0.0738. The van der Waals surface area contributed by atoms with Crippen LogP contribution in [-0.4, -0.2) is 24.1 Å². The first kappa shape index (κ1) is 16.6. The van der Waals surface area contributed by atoms with Gasteiger partial charge >= 0.3 is 5.97 Å². The zero-order valence-corrected chi connectivity index (χ0v) is 12.1. The van der Waals surface area contributed by atoms with Crippen LogP contribution in [0.25, 0.3) is 6.08 Å². The Hall–Kier alpha value is -2.45. The van der Waals surface area contributed by atoms with Gasteiger partial charge < -0.3 is 10.1 Å². The van der Waals surface area contributed by atoms with Crippen molar-refractivity contribution in [3.05, 3.63) is 40.9 Å². The summed E-state index contributed by atoms with van der Waals surface area (Å²) in [6, 6.07) is 8.50. The molecule has 0 radical (unpaired) electrons. The quantitative estimate of drug-likeness (QED) is 0.497. The maximum Gasteiger partial charge on any atom is 0.331 e. The fourth-order valence-corrected chi connectivity index (χ4v) is 1.55. The number of benzene rings is 1. The first-order chi connectivity index (χ1) is 9.93. The normalized spacial score (nSPS) is 11.7. The summed E-state index contributed by atoms with van der Waals surface area (Å²) in [5.41, 5.74) is 0.683. The Morgan fingerprint density at radius 1 is 1.43 bits per heavy atom. The fourth-order valence-electron chi connectivity index (χ4n) is 1.42. The number of esters is 1. The van der Waals surface area contributed by atoms with E-state index in [0.717, 1.165) is 5.56 Å². The standard InChI is InChI=1S/C15H13ClN2O3/c1-10(18)13(8-17)14(19)9-21-15(20)7-4-11-2-5-12(16)6-3-11/h2-7,13,18H,9H2,1H3/b7-4+,18-10?. The third-order valence-corrected chi connectivity index (χ3v) is 2.77. The second kappa shape index (κ2) is 7.98. The van der Waals surface area contributed by atoms with Gasteiger partial charge in [0.05, 0.1) is 6.07 Å². The largest absolute Gasteiger partial charge is 0.454 e. The number of nitrogens with one attached hydrogen (secondary N) is 1. The molecule has 0 saturated heterocycles. The molecule has 0 aliphatic rings. The van der Waals surface area contributed by atoms with Crippen LogP contribution < -0.4 is 0 Å². The highest BCUT2D eigenvalue weighted by Gasteiger charge is 2.20. The Balaban J connectivity index is 2.51. The van der Waals surface area contributed by atoms with Crippen LogP contribution in [0.2, 0.25) is 5.02 Å². The number of carbonyl (C=O) groups is 2. The zero-order valence-electron chi connectivity index (χ0n) is 11.3. The number of hydrogen-bond acceptors (Lipinski definition) is 5. The average molecular weight is 305 g/mol. The van der Waals surface area contributed by atoms with E-state index in [9.17, 15) is 9.59 Å². The first-order valence-corrected chi connectivity index (χ1v) is 6.39. The molecule has 5 nitrogen and oxygen atoms in total. The molecule has 0 spiro atoms. The van der Waals surface area contributed by atoms with E-state index < -0.39 is 24.3 Å². The number of Topliss-reactive ketones (excluding diaryl/α,β-unsaturated/α-hetero) is 1. The van der Waals surface area contributed by atoms with Crippen LogP contribution in [0.3, 0.4) is 0 Å². The van der Waals surface area contributed by atoms with Crippen LogP contribution >= 0.6 is 11.6 Å². The number of nitriles is 1. The molecule has 0 amide bonds. The van der Waals surface area contributed by atoms with Gasteiger partial charge in [0.2, 0.25) is 0 Å². The maximum absolute atomic E-state index is 11.6. The highest BCUT2D eigenvalue weighted by atomic mass is 35.5. The van der Waals surface area contributed by atoms with Crippen LogP contribution in [-0.2, 0) is 14.3 Å². The third kappa shape index (κ3) is 5.59. The SMILES string of the molecule is CC(=N)C(C#N)C(=O)COC(=O)/C=C/c1ccc(Cl)cc1. The Kier molecular flexibility index (Phi) is 6.31. The van der Waals surface area contributed by atoms with Crippen LogP contribution in [0.15, 0.2) is 30.3 Å². The van der Waals surface area contributed by atoms with Crippen molar-refractivity contribution in [2.45, 2.75) is 6.92 Å². The number of hydrogen-bond donors (Lipinski definition) is 1. The lowest BCUT2D eigenvalue weighted by Crippen LogP contribution is -2.25. The molecular formula is C15H13ClN2O3. The van der Waals surface area contributed by atoms with Gasteiger partial charge in [0.15, 0.2) is 12.4 Å². The predicted octanol–water partition coefficient (Wildman–Crippen LogP) is 2.64. The van der Waals surface area contributed by atoms with Crippen molar-refractivity contribution >= 4 is 35.1 Å². The maximum atomic E-state index is 11.6. The molecular weight excluding hydrogens is 292 g/mol. The lowest BCUT2D eigenvalue weighted by atomic mass is 10.0. The molecule has 1 rings (SSSR count). The molecule has 0 heterocycles. The van der Waals surface area contributed by atoms with E-state index in [1.165, 1.54) is 19.1 Å². The lowest BCUT2D eigenvalue weighted by molar-refractivity contribution is -0.143. The van der Waals surface area contributed by atoms with E-state index in [1.54, 1.807) is 30.3 Å². The van der Waals surface area contributed by atoms with Crippen LogP contribution in [0, 0.1) is 22.7 Å². The van der Waals surface area contributed by atoms with Crippen molar-refractivity contribution in [2.24, 2.45) is 5.92 Å². The number of ketones is 1. The molecule has 21 heavy (non-hydrogen) atoms. The van der Waals surface area contributed by atoms with Crippen molar-refractivity contribution in [1.29, 1.82) is 10.7 Å². The topological polar surface area (TPSA) is 91.0 Å². The van der Waals surface area contributed by atoms with Gasteiger partial charge in [0.25, 0.3) is 0 Å². The molecule has 108 valence electrons. The summed E-state index contributed by atoms with van der Waals surface area (Å²) in [6.07, 6.45) is 2.70. The summed E-state index contributed by atoms with van der Waals surface area (Å²) in [5.74, 6) is -2.48. The van der Waals surface area contributed by atoms with Crippen molar-refractivity contribution in [1.82, 2.24) is 0 Å². The summed E-state index contributed by atoms with van der Waals surface area (Å²) >= 11 is 5.73. The average Bonchev–Trinajstić information content (AvgIpc) is 2.45. The zero-order chi connectivity index (χ0) is 15.8. The Bertz CT molecular complexity index is 615. The van der Waals surface area contributed by atoms with Crippen molar-refractivity contribution in [3.8, 4) is 6.07 Å². The van der Waals surface area contributed by atoms with E-state index in [4.69, 9.17) is 27.0 Å². The number of carbonyl (C=O) groups excluding carboxylic acids is 2. The number of ether oxygens (including phenoxy) is 1. The minimum Gasteiger partial charge on any atom is -0.454 e. The minimum atomic E-state index is -1.17. The second-order valence-corrected chi connectivity index (χ2v) is 4.64. The smallest absolute Gasteiger partial charge is 0.331 e. The predicted molar refractivity (Wildman–Crippen MR) is 79.0 cm³/mol. The Labute approximate surface area is 127 Å². The van der Waals surface area contributed by atoms with Gasteiger partial charge in [-0.3, -0.25) is 4.79 Å². The van der Waals surface area contributed by atoms with Crippen molar-refractivity contribution in [2.75, 3.05) is 6.61 Å². The van der Waals surface area contributed by atoms with Gasteiger partial charge in [0, 0.05) is 16.8 Å². The van der Waals surface area contributed by atoms with E-state index in [1.807, 2.05) is 0 Å². The van der Waals surface area contributed by atoms with Crippen molar-refractivity contribution < 1.29 is 14.3 Å². The fraction of sp³-hybridized carbons (Fsp3) is 0.200. The number of rotatable bonds is 6. The van der Waals surface area contributed by atoms with E-state index >= 15 is 0 Å². The monoisotopic (exact) mass is 304 g/mol. The molecule has 0 saturated carbocycles. The van der Waals surface area contributed by atoms with Gasteiger partial charge in [-0.25, -0.2) is 4.79 Å². The molecule has 1 aromatic carbocycles. The molecule has 0 aliphatic carbocycles. The highest BCUT2D eigenvalue weighted by Crippen LogP contribution is 2.10. The van der Waals surface area contributed by atoms with Crippen LogP contribution in [0.5, 0.6) is 0 Å². The van der Waals surface area contributed by atoms with Crippen LogP contribution in [0.4, 0.5) is 0 Å². The van der Waals surface area contributed by atoms with Crippen LogP contribution in [0.1, 0.15) is 12.5 Å². The Morgan fingerprint density at radius 2 is 2.05 bits per heavy atom. The molecule has 0 aliphatic heterocycles. The van der Waals surface area contributed by atoms with E-state index in [0.29, 0.717) is 5.02 Å². The van der Waals surface area contributed by atoms with Gasteiger partial charge in [-0.05, 0) is 30.7 Å². The van der Waals surface area contributed by atoms with Gasteiger partial charge in [0.1, 0.15) is 5.92 Å². The molecule has 0 fully saturated rings. The summed E-state index contributed by atoms with van der Waals surface area (Å²) in [7, 11) is 0. The molecule has 0 aromatic heterocycles. The van der Waals surface area contributed by atoms with Crippen molar-refractivity contribution in [3.63, 3.8) is 0 Å². The van der Waals surface area contributed by atoms with E-state index in [-0.39, 0.29) is 5.71 Å². The van der Waals surface area contributed by atoms with Gasteiger partial charge in [-0.1, -0.05) is 23.7 Å². The molecule has 0 bridgehead atoms. The molecule has 1 atom stereocenters. The number of halogens is 1. The molecule has 6 heteroatoms. The summed E-state index contributed by atoms with van der Waals surface area (Å²) in [4.78, 5) is 23.0. The highest BCUT2D eigenvalue weighted by molar-refractivity contribution is 6.30. The Morgan fingerprint density at radius 3 is 2.57 bits per heavy atom.